The van der Waals surface area contributed by atoms with E-state index in [1.54, 1.807) is 4.68 Å². The summed E-state index contributed by atoms with van der Waals surface area (Å²) in [5.74, 6) is 0.984. The molecule has 178 valence electrons. The Morgan fingerprint density at radius 3 is 2.26 bits per heavy atom. The number of benzene rings is 1. The molecule has 1 saturated carbocycles. The Bertz CT molecular complexity index is 1360. The Hall–Kier alpha value is -3.81. The molecule has 2 aliphatic rings. The molecule has 8 nitrogen and oxygen atoms in total. The van der Waals surface area contributed by atoms with Crippen LogP contribution in [0.1, 0.15) is 38.1 Å². The van der Waals surface area contributed by atoms with E-state index in [1.807, 2.05) is 62.1 Å². The first kappa shape index (κ1) is 21.7. The molecule has 1 spiro atoms. The van der Waals surface area contributed by atoms with E-state index in [9.17, 15) is 4.79 Å². The minimum absolute atomic E-state index is 0.177. The van der Waals surface area contributed by atoms with Crippen LogP contribution in [0.2, 0.25) is 0 Å². The van der Waals surface area contributed by atoms with Gasteiger partial charge in [-0.25, -0.2) is 9.97 Å². The predicted molar refractivity (Wildman–Crippen MR) is 133 cm³/mol. The molecule has 8 heteroatoms. The Balaban J connectivity index is 1.15. The van der Waals surface area contributed by atoms with E-state index < -0.39 is 0 Å². The zero-order valence-electron chi connectivity index (χ0n) is 20.1. The van der Waals surface area contributed by atoms with Crippen molar-refractivity contribution >= 4 is 5.91 Å². The van der Waals surface area contributed by atoms with Crippen molar-refractivity contribution in [1.82, 2.24) is 34.4 Å². The van der Waals surface area contributed by atoms with Crippen molar-refractivity contribution in [3.8, 4) is 33.6 Å². The first-order valence-electron chi connectivity index (χ1n) is 12.2. The van der Waals surface area contributed by atoms with Gasteiger partial charge in [-0.2, -0.15) is 10.2 Å². The highest BCUT2D eigenvalue weighted by atomic mass is 16.2. The predicted octanol–water partition coefficient (Wildman–Crippen LogP) is 4.37. The molecule has 0 bridgehead atoms. The average molecular weight is 468 g/mol. The van der Waals surface area contributed by atoms with Crippen molar-refractivity contribution in [2.24, 2.45) is 12.5 Å². The fourth-order valence-electron chi connectivity index (χ4n) is 5.64. The number of carbonyl (C=O) groups excluding carboxylic acids is 1. The van der Waals surface area contributed by atoms with Gasteiger partial charge in [0.15, 0.2) is 5.82 Å². The van der Waals surface area contributed by atoms with Crippen molar-refractivity contribution < 1.29 is 4.79 Å². The van der Waals surface area contributed by atoms with E-state index in [0.717, 1.165) is 60.0 Å². The number of amides is 1. The number of likely N-dealkylation sites (tertiary alicyclic amines) is 1. The molecule has 1 aliphatic carbocycles. The molecule has 2 fully saturated rings. The molecule has 0 atom stereocenters. The summed E-state index contributed by atoms with van der Waals surface area (Å²) in [4.78, 5) is 23.2. The third kappa shape index (κ3) is 4.13. The highest BCUT2D eigenvalue weighted by molar-refractivity contribution is 5.79. The molecule has 0 unspecified atom stereocenters. The van der Waals surface area contributed by atoms with Crippen LogP contribution in [-0.2, 0) is 11.8 Å². The van der Waals surface area contributed by atoms with Crippen LogP contribution in [0, 0.1) is 5.41 Å². The van der Waals surface area contributed by atoms with Gasteiger partial charge in [0, 0.05) is 74.1 Å². The highest BCUT2D eigenvalue weighted by Crippen LogP contribution is 2.46. The Morgan fingerprint density at radius 1 is 0.857 bits per heavy atom. The summed E-state index contributed by atoms with van der Waals surface area (Å²) >= 11 is 0. The molecule has 3 aromatic heterocycles. The molecule has 4 heterocycles. The van der Waals surface area contributed by atoms with E-state index in [4.69, 9.17) is 0 Å². The quantitative estimate of drug-likeness (QED) is 0.445. The normalized spacial score (nSPS) is 22.3. The number of aryl methyl sites for hydroxylation is 1. The standard InChI is InChI=1S/C27H29N7O/c1-32-18-27(11-25(32)35)8-6-24(7-9-27)34-17-23(15-31-34)21-12-28-26(29-13-21)20-5-3-4-19(10-20)22-14-30-33(2)16-22/h3-5,10,12-17,24H,6-9,11,18H2,1-2H3/t24-,27-. The molecule has 0 N–H and O–H groups in total. The van der Waals surface area contributed by atoms with Gasteiger partial charge < -0.3 is 4.90 Å². The molecule has 1 amide bonds. The van der Waals surface area contributed by atoms with Gasteiger partial charge >= 0.3 is 0 Å². The van der Waals surface area contributed by atoms with Gasteiger partial charge in [-0.15, -0.1) is 0 Å². The SMILES string of the molecule is CN1C[C@]2(CC[C@H](n3cc(-c4cnc(-c5cccc(-c6cnn(C)c6)c5)nc4)cn3)CC2)CC1=O. The zero-order chi connectivity index (χ0) is 24.0. The highest BCUT2D eigenvalue weighted by Gasteiger charge is 2.44. The minimum Gasteiger partial charge on any atom is -0.345 e. The number of nitrogens with zero attached hydrogens (tertiary/aromatic N) is 7. The fraction of sp³-hybridized carbons (Fsp3) is 0.370. The Kier molecular flexibility index (Phi) is 5.24. The molecule has 6 rings (SSSR count). The summed E-state index contributed by atoms with van der Waals surface area (Å²) < 4.78 is 3.89. The van der Waals surface area contributed by atoms with Gasteiger partial charge in [0.1, 0.15) is 0 Å². The maximum absolute atomic E-state index is 12.0. The lowest BCUT2D eigenvalue weighted by Gasteiger charge is -2.36. The lowest BCUT2D eigenvalue weighted by molar-refractivity contribution is -0.126. The van der Waals surface area contributed by atoms with Crippen LogP contribution < -0.4 is 0 Å². The van der Waals surface area contributed by atoms with Crippen LogP contribution in [0.3, 0.4) is 0 Å². The third-order valence-electron chi connectivity index (χ3n) is 7.66. The number of carbonyl (C=O) groups is 1. The number of aromatic nitrogens is 6. The minimum atomic E-state index is 0.177. The monoisotopic (exact) mass is 467 g/mol. The van der Waals surface area contributed by atoms with Crippen molar-refractivity contribution in [2.45, 2.75) is 38.1 Å². The lowest BCUT2D eigenvalue weighted by Crippen LogP contribution is -2.31. The van der Waals surface area contributed by atoms with Gasteiger partial charge in [0.2, 0.25) is 5.91 Å². The van der Waals surface area contributed by atoms with E-state index in [1.165, 1.54) is 0 Å². The van der Waals surface area contributed by atoms with Crippen molar-refractivity contribution in [3.05, 3.63) is 61.4 Å². The largest absolute Gasteiger partial charge is 0.345 e. The summed E-state index contributed by atoms with van der Waals surface area (Å²) in [7, 11) is 3.84. The maximum atomic E-state index is 12.0. The van der Waals surface area contributed by atoms with E-state index in [2.05, 4.69) is 43.2 Å². The van der Waals surface area contributed by atoms with Crippen LogP contribution in [0.5, 0.6) is 0 Å². The van der Waals surface area contributed by atoms with Crippen LogP contribution >= 0.6 is 0 Å². The number of hydrogen-bond donors (Lipinski definition) is 0. The average Bonchev–Trinajstić information content (AvgIpc) is 3.60. The van der Waals surface area contributed by atoms with Crippen molar-refractivity contribution in [1.29, 1.82) is 0 Å². The number of rotatable bonds is 4. The molecule has 1 aromatic carbocycles. The molecule has 1 aliphatic heterocycles. The van der Waals surface area contributed by atoms with Gasteiger partial charge in [-0.3, -0.25) is 14.2 Å². The topological polar surface area (TPSA) is 81.7 Å². The summed E-state index contributed by atoms with van der Waals surface area (Å²) in [5, 5.41) is 8.93. The second-order valence-electron chi connectivity index (χ2n) is 10.1. The maximum Gasteiger partial charge on any atom is 0.222 e. The van der Waals surface area contributed by atoms with E-state index >= 15 is 0 Å². The van der Waals surface area contributed by atoms with Crippen LogP contribution in [0.25, 0.3) is 33.6 Å². The van der Waals surface area contributed by atoms with Gasteiger partial charge in [0.25, 0.3) is 0 Å². The summed E-state index contributed by atoms with van der Waals surface area (Å²) in [6.45, 7) is 0.901. The summed E-state index contributed by atoms with van der Waals surface area (Å²) in [5.41, 5.74) is 5.29. The third-order valence-corrected chi connectivity index (χ3v) is 7.66. The zero-order valence-corrected chi connectivity index (χ0v) is 20.1. The van der Waals surface area contributed by atoms with Crippen LogP contribution in [-0.4, -0.2) is 53.9 Å². The van der Waals surface area contributed by atoms with Crippen LogP contribution in [0.15, 0.2) is 61.4 Å². The first-order valence-corrected chi connectivity index (χ1v) is 12.2. The van der Waals surface area contributed by atoms with E-state index in [0.29, 0.717) is 18.3 Å². The number of hydrogen-bond acceptors (Lipinski definition) is 5. The molecule has 1 saturated heterocycles. The molecule has 4 aromatic rings. The Morgan fingerprint density at radius 2 is 1.57 bits per heavy atom. The van der Waals surface area contributed by atoms with Gasteiger partial charge in [-0.05, 0) is 42.7 Å². The van der Waals surface area contributed by atoms with E-state index in [-0.39, 0.29) is 11.3 Å². The molecular formula is C27H29N7O. The van der Waals surface area contributed by atoms with Crippen LogP contribution in [0.4, 0.5) is 0 Å². The second-order valence-corrected chi connectivity index (χ2v) is 10.1. The smallest absolute Gasteiger partial charge is 0.222 e. The molecule has 0 radical (unpaired) electrons. The summed E-state index contributed by atoms with van der Waals surface area (Å²) in [6, 6.07) is 8.59. The fourth-order valence-corrected chi connectivity index (χ4v) is 5.64. The van der Waals surface area contributed by atoms with Crippen molar-refractivity contribution in [3.63, 3.8) is 0 Å². The lowest BCUT2D eigenvalue weighted by atomic mass is 9.72. The molecular weight excluding hydrogens is 438 g/mol. The first-order chi connectivity index (χ1) is 17.0. The Labute approximate surface area is 204 Å². The summed E-state index contributed by atoms with van der Waals surface area (Å²) in [6.07, 6.45) is 16.6. The van der Waals surface area contributed by atoms with Gasteiger partial charge in [0.05, 0.1) is 18.4 Å². The van der Waals surface area contributed by atoms with Crippen molar-refractivity contribution in [2.75, 3.05) is 13.6 Å². The second kappa shape index (κ2) is 8.45. The molecule has 35 heavy (non-hydrogen) atoms. The van der Waals surface area contributed by atoms with Gasteiger partial charge in [-0.1, -0.05) is 18.2 Å².